The van der Waals surface area contributed by atoms with Gasteiger partial charge in [-0.15, -0.1) is 0 Å². The van der Waals surface area contributed by atoms with Crippen LogP contribution in [0.5, 0.6) is 0 Å². The summed E-state index contributed by atoms with van der Waals surface area (Å²) in [6, 6.07) is 5.46. The molecule has 0 fully saturated rings. The van der Waals surface area contributed by atoms with Crippen LogP contribution >= 0.6 is 11.8 Å². The van der Waals surface area contributed by atoms with Crippen molar-refractivity contribution in [2.75, 3.05) is 24.2 Å². The average Bonchev–Trinajstić information content (AvgIpc) is 3.10. The van der Waals surface area contributed by atoms with Crippen molar-refractivity contribution >= 4 is 34.5 Å². The molecule has 0 saturated carbocycles. The van der Waals surface area contributed by atoms with Crippen molar-refractivity contribution in [2.24, 2.45) is 5.92 Å². The summed E-state index contributed by atoms with van der Waals surface area (Å²) in [5.74, 6) is 1.52. The Kier molecular flexibility index (Phi) is 7.03. The number of carbonyl (C=O) groups excluding carboxylic acids is 1. The van der Waals surface area contributed by atoms with Crippen LogP contribution in [0.2, 0.25) is 0 Å². The third-order valence-electron chi connectivity index (χ3n) is 4.14. The lowest BCUT2D eigenvalue weighted by Gasteiger charge is -2.11. The quantitative estimate of drug-likeness (QED) is 0.410. The van der Waals surface area contributed by atoms with Crippen molar-refractivity contribution in [3.8, 4) is 0 Å². The van der Waals surface area contributed by atoms with Gasteiger partial charge < -0.3 is 10.6 Å². The molecule has 9 heteroatoms. The number of thioether (sulfide) groups is 1. The van der Waals surface area contributed by atoms with Crippen LogP contribution < -0.4 is 10.6 Å². The number of halogens is 1. The Morgan fingerprint density at radius 1 is 1.24 bits per heavy atom. The van der Waals surface area contributed by atoms with Crippen molar-refractivity contribution < 1.29 is 9.18 Å². The lowest BCUT2D eigenvalue weighted by atomic mass is 10.2. The monoisotopic (exact) mass is 416 g/mol. The number of carbonyl (C=O) groups is 1. The lowest BCUT2D eigenvalue weighted by molar-refractivity contribution is 0.0952. The minimum absolute atomic E-state index is 0.252. The molecule has 0 spiro atoms. The van der Waals surface area contributed by atoms with Crippen molar-refractivity contribution in [1.29, 1.82) is 0 Å². The number of aromatic nitrogens is 4. The molecule has 0 aliphatic heterocycles. The number of benzene rings is 1. The van der Waals surface area contributed by atoms with Crippen molar-refractivity contribution in [3.63, 3.8) is 0 Å². The van der Waals surface area contributed by atoms with Gasteiger partial charge in [0, 0.05) is 18.7 Å². The number of hydrogen-bond acceptors (Lipinski definition) is 6. The Hall–Kier alpha value is -2.68. The van der Waals surface area contributed by atoms with E-state index in [0.717, 1.165) is 29.1 Å². The van der Waals surface area contributed by atoms with Crippen LogP contribution in [-0.4, -0.2) is 44.5 Å². The van der Waals surface area contributed by atoms with Crippen molar-refractivity contribution in [3.05, 3.63) is 41.8 Å². The average molecular weight is 417 g/mol. The number of anilines is 1. The molecule has 3 aromatic rings. The fourth-order valence-electron chi connectivity index (χ4n) is 2.71. The Labute approximate surface area is 173 Å². The molecular weight excluding hydrogens is 391 g/mol. The molecule has 7 nitrogen and oxygen atoms in total. The van der Waals surface area contributed by atoms with Crippen LogP contribution in [0, 0.1) is 11.7 Å². The van der Waals surface area contributed by atoms with Crippen LogP contribution in [-0.2, 0) is 6.54 Å². The van der Waals surface area contributed by atoms with Gasteiger partial charge in [0.15, 0.2) is 10.8 Å². The lowest BCUT2D eigenvalue weighted by Crippen LogP contribution is -2.27. The highest BCUT2D eigenvalue weighted by Crippen LogP contribution is 2.24. The predicted octanol–water partition coefficient (Wildman–Crippen LogP) is 3.58. The topological polar surface area (TPSA) is 84.7 Å². The first-order chi connectivity index (χ1) is 14.0. The zero-order chi connectivity index (χ0) is 20.8. The minimum atomic E-state index is -0.369. The van der Waals surface area contributed by atoms with E-state index in [-0.39, 0.29) is 11.7 Å². The number of nitrogens with zero attached hydrogens (tertiary/aromatic N) is 4. The van der Waals surface area contributed by atoms with Gasteiger partial charge in [0.1, 0.15) is 11.6 Å². The molecule has 0 radical (unpaired) electrons. The van der Waals surface area contributed by atoms with E-state index in [2.05, 4.69) is 46.5 Å². The summed E-state index contributed by atoms with van der Waals surface area (Å²) in [6.45, 7) is 7.99. The molecule has 2 heterocycles. The second-order valence-electron chi connectivity index (χ2n) is 6.93. The SMILES string of the molecule is CCSc1nc(NCC(C)C)c2cnn(CCNC(=O)c3ccc(F)cc3)c2n1. The molecule has 2 aromatic heterocycles. The molecular formula is C20H25FN6OS. The first kappa shape index (κ1) is 21.0. The summed E-state index contributed by atoms with van der Waals surface area (Å²) in [5, 5.41) is 12.2. The second-order valence-corrected chi connectivity index (χ2v) is 8.16. The number of rotatable bonds is 9. The molecule has 1 amide bonds. The highest BCUT2D eigenvalue weighted by Gasteiger charge is 2.14. The van der Waals surface area contributed by atoms with E-state index in [0.29, 0.717) is 29.7 Å². The maximum atomic E-state index is 13.0. The zero-order valence-electron chi connectivity index (χ0n) is 16.8. The maximum Gasteiger partial charge on any atom is 0.251 e. The first-order valence-electron chi connectivity index (χ1n) is 9.62. The molecule has 29 heavy (non-hydrogen) atoms. The Bertz CT molecular complexity index is 973. The van der Waals surface area contributed by atoms with Crippen LogP contribution in [0.15, 0.2) is 35.6 Å². The Morgan fingerprint density at radius 2 is 2.00 bits per heavy atom. The molecule has 1 aromatic carbocycles. The minimum Gasteiger partial charge on any atom is -0.369 e. The van der Waals surface area contributed by atoms with Gasteiger partial charge in [-0.05, 0) is 35.9 Å². The van der Waals surface area contributed by atoms with Gasteiger partial charge in [0.2, 0.25) is 0 Å². The number of hydrogen-bond donors (Lipinski definition) is 2. The normalized spacial score (nSPS) is 11.2. The van der Waals surface area contributed by atoms with Gasteiger partial charge in [0.25, 0.3) is 5.91 Å². The molecule has 154 valence electrons. The summed E-state index contributed by atoms with van der Waals surface area (Å²) in [6.07, 6.45) is 1.75. The van der Waals surface area contributed by atoms with Crippen LogP contribution in [0.1, 0.15) is 31.1 Å². The van der Waals surface area contributed by atoms with Crippen molar-refractivity contribution in [2.45, 2.75) is 32.5 Å². The van der Waals surface area contributed by atoms with E-state index >= 15 is 0 Å². The van der Waals surface area contributed by atoms with Gasteiger partial charge >= 0.3 is 0 Å². The van der Waals surface area contributed by atoms with Crippen molar-refractivity contribution in [1.82, 2.24) is 25.1 Å². The fourth-order valence-corrected chi connectivity index (χ4v) is 3.27. The standard InChI is InChI=1S/C20H25FN6OS/c1-4-29-20-25-17(23-11-13(2)3)16-12-24-27(18(16)26-20)10-9-22-19(28)14-5-7-15(21)8-6-14/h5-8,12-13H,4,9-11H2,1-3H3,(H,22,28)(H,23,25,26). The molecule has 0 aliphatic rings. The molecule has 0 bridgehead atoms. The van der Waals surface area contributed by atoms with Gasteiger partial charge in [-0.1, -0.05) is 32.5 Å². The molecule has 3 rings (SSSR count). The van der Waals surface area contributed by atoms with E-state index in [1.807, 2.05) is 0 Å². The Balaban J connectivity index is 1.73. The van der Waals surface area contributed by atoms with E-state index in [1.54, 1.807) is 22.6 Å². The van der Waals surface area contributed by atoms with Crippen LogP contribution in [0.25, 0.3) is 11.0 Å². The summed E-state index contributed by atoms with van der Waals surface area (Å²) in [7, 11) is 0. The fraction of sp³-hybridized carbons (Fsp3) is 0.400. The highest BCUT2D eigenvalue weighted by atomic mass is 32.2. The third kappa shape index (κ3) is 5.44. The summed E-state index contributed by atoms with van der Waals surface area (Å²) in [5.41, 5.74) is 1.15. The van der Waals surface area contributed by atoms with E-state index in [9.17, 15) is 9.18 Å². The summed E-state index contributed by atoms with van der Waals surface area (Å²) < 4.78 is 14.8. The van der Waals surface area contributed by atoms with E-state index in [4.69, 9.17) is 0 Å². The molecule has 0 unspecified atom stereocenters. The highest BCUT2D eigenvalue weighted by molar-refractivity contribution is 7.99. The zero-order valence-corrected chi connectivity index (χ0v) is 17.6. The smallest absolute Gasteiger partial charge is 0.251 e. The number of amides is 1. The first-order valence-corrected chi connectivity index (χ1v) is 10.6. The molecule has 0 saturated heterocycles. The second kappa shape index (κ2) is 9.69. The van der Waals surface area contributed by atoms with Gasteiger partial charge in [-0.3, -0.25) is 4.79 Å². The number of fused-ring (bicyclic) bond motifs is 1. The molecule has 2 N–H and O–H groups in total. The predicted molar refractivity (Wildman–Crippen MR) is 114 cm³/mol. The van der Waals surface area contributed by atoms with Gasteiger partial charge in [0.05, 0.1) is 18.1 Å². The maximum absolute atomic E-state index is 13.0. The summed E-state index contributed by atoms with van der Waals surface area (Å²) >= 11 is 1.57. The van der Waals surface area contributed by atoms with E-state index < -0.39 is 0 Å². The van der Waals surface area contributed by atoms with Gasteiger partial charge in [-0.25, -0.2) is 19.0 Å². The summed E-state index contributed by atoms with van der Waals surface area (Å²) in [4.78, 5) is 21.4. The largest absolute Gasteiger partial charge is 0.369 e. The molecule has 0 atom stereocenters. The van der Waals surface area contributed by atoms with Crippen LogP contribution in [0.3, 0.4) is 0 Å². The molecule has 0 aliphatic carbocycles. The number of nitrogens with one attached hydrogen (secondary N) is 2. The van der Waals surface area contributed by atoms with E-state index in [1.165, 1.54) is 24.3 Å². The third-order valence-corrected chi connectivity index (χ3v) is 4.87. The Morgan fingerprint density at radius 3 is 2.69 bits per heavy atom. The van der Waals surface area contributed by atoms with Crippen LogP contribution in [0.4, 0.5) is 10.2 Å². The van der Waals surface area contributed by atoms with Gasteiger partial charge in [-0.2, -0.15) is 5.10 Å².